The van der Waals surface area contributed by atoms with Crippen molar-refractivity contribution in [1.82, 2.24) is 4.90 Å². The molecule has 1 atom stereocenters. The summed E-state index contributed by atoms with van der Waals surface area (Å²) in [5.41, 5.74) is 4.98. The highest BCUT2D eigenvalue weighted by molar-refractivity contribution is 4.74. The molecule has 0 aliphatic heterocycles. The van der Waals surface area contributed by atoms with E-state index in [1.54, 1.807) is 6.19 Å². The van der Waals surface area contributed by atoms with Gasteiger partial charge in [-0.1, -0.05) is 0 Å². The summed E-state index contributed by atoms with van der Waals surface area (Å²) in [5.74, 6) is 0. The number of nitrogens with two attached hydrogens (primary N) is 1. The molecule has 10 heavy (non-hydrogen) atoms. The highest BCUT2D eigenvalue weighted by Gasteiger charge is 2.03. The molecule has 0 aliphatic carbocycles. The van der Waals surface area contributed by atoms with Crippen molar-refractivity contribution >= 4 is 0 Å². The Kier molecular flexibility index (Phi) is 4.58. The van der Waals surface area contributed by atoms with E-state index < -0.39 is 6.23 Å². The van der Waals surface area contributed by atoms with Gasteiger partial charge in [0.2, 0.25) is 0 Å². The minimum Gasteiger partial charge on any atom is -0.395 e. The monoisotopic (exact) mass is 145 g/mol. The molecule has 0 spiro atoms. The second kappa shape index (κ2) is 4.99. The fourth-order valence-electron chi connectivity index (χ4n) is 0.529. The molecular weight excluding hydrogens is 134 g/mol. The molecule has 0 aromatic rings. The van der Waals surface area contributed by atoms with Crippen LogP contribution in [-0.2, 0) is 0 Å². The number of hydrogen-bond donors (Lipinski definition) is 3. The van der Waals surface area contributed by atoms with Gasteiger partial charge >= 0.3 is 0 Å². The van der Waals surface area contributed by atoms with Crippen LogP contribution in [0.15, 0.2) is 0 Å². The first-order valence-corrected chi connectivity index (χ1v) is 2.90. The van der Waals surface area contributed by atoms with Gasteiger partial charge in [-0.25, -0.2) is 0 Å². The van der Waals surface area contributed by atoms with Crippen molar-refractivity contribution in [3.8, 4) is 6.19 Å². The lowest BCUT2D eigenvalue weighted by molar-refractivity contribution is 0.133. The van der Waals surface area contributed by atoms with Gasteiger partial charge in [-0.3, -0.25) is 0 Å². The second-order valence-electron chi connectivity index (χ2n) is 1.84. The van der Waals surface area contributed by atoms with Crippen LogP contribution in [0.1, 0.15) is 0 Å². The molecule has 0 radical (unpaired) electrons. The first kappa shape index (κ1) is 9.17. The normalized spacial score (nSPS) is 12.2. The van der Waals surface area contributed by atoms with Crippen LogP contribution < -0.4 is 5.73 Å². The Morgan fingerprint density at radius 3 is 2.60 bits per heavy atom. The largest absolute Gasteiger partial charge is 0.395 e. The summed E-state index contributed by atoms with van der Waals surface area (Å²) in [7, 11) is 0. The van der Waals surface area contributed by atoms with Crippen LogP contribution >= 0.6 is 0 Å². The minimum absolute atomic E-state index is 0.0665. The van der Waals surface area contributed by atoms with Crippen LogP contribution in [0.5, 0.6) is 0 Å². The molecule has 4 N–H and O–H groups in total. The van der Waals surface area contributed by atoms with E-state index in [-0.39, 0.29) is 19.7 Å². The molecule has 0 aromatic heterocycles. The predicted octanol–water partition coefficient (Wildman–Crippen LogP) is -1.96. The van der Waals surface area contributed by atoms with E-state index >= 15 is 0 Å². The van der Waals surface area contributed by atoms with Crippen LogP contribution in [0, 0.1) is 11.5 Å². The van der Waals surface area contributed by atoms with E-state index in [1.807, 2.05) is 0 Å². The maximum atomic E-state index is 8.58. The van der Waals surface area contributed by atoms with Crippen molar-refractivity contribution in [3.05, 3.63) is 0 Å². The summed E-state index contributed by atoms with van der Waals surface area (Å²) in [5, 5.41) is 25.3. The van der Waals surface area contributed by atoms with Gasteiger partial charge in [-0.05, 0) is 0 Å². The zero-order valence-corrected chi connectivity index (χ0v) is 5.56. The van der Waals surface area contributed by atoms with Gasteiger partial charge in [0.1, 0.15) is 6.23 Å². The van der Waals surface area contributed by atoms with Gasteiger partial charge in [0, 0.05) is 0 Å². The molecule has 1 unspecified atom stereocenters. The molecule has 5 nitrogen and oxygen atoms in total. The van der Waals surface area contributed by atoms with E-state index in [0.29, 0.717) is 0 Å². The Labute approximate surface area is 59.3 Å². The molecule has 0 saturated heterocycles. The summed E-state index contributed by atoms with van der Waals surface area (Å²) >= 11 is 0. The molecule has 0 heterocycles. The SMILES string of the molecule is N#CN(CCO)CC(N)O. The van der Waals surface area contributed by atoms with Crippen molar-refractivity contribution < 1.29 is 10.2 Å². The Bertz CT molecular complexity index is 121. The molecule has 0 aromatic carbocycles. The van der Waals surface area contributed by atoms with Gasteiger partial charge in [-0.2, -0.15) is 5.26 Å². The highest BCUT2D eigenvalue weighted by atomic mass is 16.3. The molecule has 58 valence electrons. The molecule has 0 amide bonds. The molecule has 5 heteroatoms. The molecular formula is C5H11N3O2. The van der Waals surface area contributed by atoms with Crippen LogP contribution in [0.4, 0.5) is 0 Å². The smallest absolute Gasteiger partial charge is 0.179 e. The fraction of sp³-hybridized carbons (Fsp3) is 0.800. The third-order valence-electron chi connectivity index (χ3n) is 0.919. The number of hydrogen-bond acceptors (Lipinski definition) is 5. The van der Waals surface area contributed by atoms with Crippen LogP contribution in [0.3, 0.4) is 0 Å². The van der Waals surface area contributed by atoms with Crippen LogP contribution in [-0.4, -0.2) is 41.0 Å². The van der Waals surface area contributed by atoms with Gasteiger partial charge < -0.3 is 20.8 Å². The third-order valence-corrected chi connectivity index (χ3v) is 0.919. The molecule has 0 bridgehead atoms. The van der Waals surface area contributed by atoms with Crippen molar-refractivity contribution in [2.75, 3.05) is 19.7 Å². The van der Waals surface area contributed by atoms with E-state index in [1.165, 1.54) is 4.90 Å². The maximum absolute atomic E-state index is 8.58. The standard InChI is InChI=1S/C5H11N3O2/c6-4-8(1-2-9)3-5(7)10/h5,9-10H,1-3,7H2. The average Bonchev–Trinajstić information content (AvgIpc) is 1.86. The lowest BCUT2D eigenvalue weighted by atomic mass is 10.5. The van der Waals surface area contributed by atoms with Gasteiger partial charge in [0.15, 0.2) is 6.19 Å². The summed E-state index contributed by atoms with van der Waals surface area (Å²) in [6.07, 6.45) is 0.746. The van der Waals surface area contributed by atoms with Crippen molar-refractivity contribution in [2.24, 2.45) is 5.73 Å². The number of aliphatic hydroxyl groups is 2. The Balaban J connectivity index is 3.52. The number of nitriles is 1. The Hall–Kier alpha value is -0.830. The number of aliphatic hydroxyl groups excluding tert-OH is 2. The van der Waals surface area contributed by atoms with Crippen LogP contribution in [0.2, 0.25) is 0 Å². The lowest BCUT2D eigenvalue weighted by Crippen LogP contribution is -2.35. The first-order valence-electron chi connectivity index (χ1n) is 2.90. The summed E-state index contributed by atoms with van der Waals surface area (Å²) in [6.45, 7) is 0.169. The number of nitrogens with zero attached hydrogens (tertiary/aromatic N) is 2. The Morgan fingerprint density at radius 2 is 2.30 bits per heavy atom. The molecule has 0 aliphatic rings. The van der Waals surface area contributed by atoms with Gasteiger partial charge in [0.25, 0.3) is 0 Å². The summed E-state index contributed by atoms with van der Waals surface area (Å²) in [4.78, 5) is 1.19. The van der Waals surface area contributed by atoms with E-state index in [9.17, 15) is 0 Å². The van der Waals surface area contributed by atoms with E-state index in [2.05, 4.69) is 0 Å². The highest BCUT2D eigenvalue weighted by Crippen LogP contribution is 1.84. The topological polar surface area (TPSA) is 93.5 Å². The van der Waals surface area contributed by atoms with Crippen molar-refractivity contribution in [3.63, 3.8) is 0 Å². The fourth-order valence-corrected chi connectivity index (χ4v) is 0.529. The van der Waals surface area contributed by atoms with E-state index in [0.717, 1.165) is 0 Å². The predicted molar refractivity (Wildman–Crippen MR) is 34.5 cm³/mol. The first-order chi connectivity index (χ1) is 4.70. The van der Waals surface area contributed by atoms with Gasteiger partial charge in [-0.15, -0.1) is 0 Å². The minimum atomic E-state index is -1.02. The average molecular weight is 145 g/mol. The second-order valence-corrected chi connectivity index (χ2v) is 1.84. The lowest BCUT2D eigenvalue weighted by Gasteiger charge is -2.14. The zero-order chi connectivity index (χ0) is 7.98. The van der Waals surface area contributed by atoms with Crippen molar-refractivity contribution in [2.45, 2.75) is 6.23 Å². The Morgan fingerprint density at radius 1 is 1.70 bits per heavy atom. The molecule has 0 rings (SSSR count). The summed E-state index contributed by atoms with van der Waals surface area (Å²) in [6, 6.07) is 0. The van der Waals surface area contributed by atoms with Crippen LogP contribution in [0.25, 0.3) is 0 Å². The summed E-state index contributed by atoms with van der Waals surface area (Å²) < 4.78 is 0. The molecule has 0 saturated carbocycles. The van der Waals surface area contributed by atoms with E-state index in [4.69, 9.17) is 21.2 Å². The quantitative estimate of drug-likeness (QED) is 0.242. The van der Waals surface area contributed by atoms with Crippen molar-refractivity contribution in [1.29, 1.82) is 5.26 Å². The van der Waals surface area contributed by atoms with Gasteiger partial charge in [0.05, 0.1) is 19.7 Å². The maximum Gasteiger partial charge on any atom is 0.179 e. The molecule has 0 fully saturated rings. The zero-order valence-electron chi connectivity index (χ0n) is 5.56. The third kappa shape index (κ3) is 4.09. The number of rotatable bonds is 4.